The lowest BCUT2D eigenvalue weighted by molar-refractivity contribution is 0.415. The van der Waals surface area contributed by atoms with Crippen molar-refractivity contribution in [2.75, 3.05) is 12.4 Å². The predicted molar refractivity (Wildman–Crippen MR) is 84.0 cm³/mol. The maximum Gasteiger partial charge on any atom is 0.171 e. The van der Waals surface area contributed by atoms with E-state index in [0.29, 0.717) is 11.7 Å². The first-order valence-corrected chi connectivity index (χ1v) is 6.67. The summed E-state index contributed by atoms with van der Waals surface area (Å²) < 4.78 is 6.91. The van der Waals surface area contributed by atoms with E-state index in [9.17, 15) is 0 Å². The van der Waals surface area contributed by atoms with Gasteiger partial charge in [0.1, 0.15) is 5.75 Å². The fourth-order valence-corrected chi connectivity index (χ4v) is 2.04. The Morgan fingerprint density at radius 1 is 1.35 bits per heavy atom. The second-order valence-corrected chi connectivity index (χ2v) is 4.86. The molecule has 0 atom stereocenters. The summed E-state index contributed by atoms with van der Waals surface area (Å²) >= 11 is 5.27. The van der Waals surface area contributed by atoms with Crippen molar-refractivity contribution in [2.45, 2.75) is 13.5 Å². The average molecular weight is 290 g/mol. The zero-order valence-corrected chi connectivity index (χ0v) is 12.6. The first-order chi connectivity index (χ1) is 9.58. The molecule has 5 nitrogen and oxygen atoms in total. The highest BCUT2D eigenvalue weighted by molar-refractivity contribution is 7.80. The van der Waals surface area contributed by atoms with Crippen LogP contribution in [0.5, 0.6) is 5.75 Å². The van der Waals surface area contributed by atoms with Crippen molar-refractivity contribution in [3.8, 4) is 5.75 Å². The van der Waals surface area contributed by atoms with Crippen molar-refractivity contribution in [3.05, 3.63) is 41.7 Å². The van der Waals surface area contributed by atoms with Crippen molar-refractivity contribution < 1.29 is 4.74 Å². The molecule has 0 saturated carbocycles. The highest BCUT2D eigenvalue weighted by Gasteiger charge is 2.04. The Labute approximate surface area is 123 Å². The highest BCUT2D eigenvalue weighted by atomic mass is 32.1. The zero-order chi connectivity index (χ0) is 14.5. The van der Waals surface area contributed by atoms with E-state index in [1.165, 1.54) is 0 Å². The van der Waals surface area contributed by atoms with E-state index >= 15 is 0 Å². The van der Waals surface area contributed by atoms with Crippen LogP contribution in [-0.4, -0.2) is 22.0 Å². The Morgan fingerprint density at radius 3 is 2.60 bits per heavy atom. The number of aromatic nitrogens is 2. The van der Waals surface area contributed by atoms with Gasteiger partial charge in [0.2, 0.25) is 0 Å². The number of benzene rings is 1. The molecule has 2 aromatic rings. The minimum atomic E-state index is 0.582. The maximum atomic E-state index is 5.27. The molecule has 0 aliphatic carbocycles. The number of rotatable bonds is 4. The number of methoxy groups -OCH3 is 1. The van der Waals surface area contributed by atoms with Crippen molar-refractivity contribution in [3.63, 3.8) is 0 Å². The van der Waals surface area contributed by atoms with E-state index in [1.54, 1.807) is 11.8 Å². The third-order valence-corrected chi connectivity index (χ3v) is 3.15. The van der Waals surface area contributed by atoms with Gasteiger partial charge in [0.05, 0.1) is 12.8 Å². The van der Waals surface area contributed by atoms with Gasteiger partial charge in [0.15, 0.2) is 5.11 Å². The van der Waals surface area contributed by atoms with Crippen molar-refractivity contribution in [1.82, 2.24) is 15.1 Å². The molecule has 1 aromatic heterocycles. The first-order valence-electron chi connectivity index (χ1n) is 6.26. The molecule has 0 fully saturated rings. The summed E-state index contributed by atoms with van der Waals surface area (Å²) in [6.07, 6.45) is 1.98. The number of nitrogens with one attached hydrogen (secondary N) is 2. The number of hydrogen-bond donors (Lipinski definition) is 2. The van der Waals surface area contributed by atoms with Gasteiger partial charge in [-0.25, -0.2) is 0 Å². The number of anilines is 1. The summed E-state index contributed by atoms with van der Waals surface area (Å²) in [6.45, 7) is 2.64. The molecule has 0 bridgehead atoms. The van der Waals surface area contributed by atoms with Gasteiger partial charge in [-0.2, -0.15) is 5.10 Å². The van der Waals surface area contributed by atoms with E-state index in [4.69, 9.17) is 17.0 Å². The van der Waals surface area contributed by atoms with Crippen LogP contribution in [0.3, 0.4) is 0 Å². The number of nitrogens with zero attached hydrogens (tertiary/aromatic N) is 2. The fourth-order valence-electron chi connectivity index (χ4n) is 1.85. The molecular formula is C14H18N4OS. The van der Waals surface area contributed by atoms with Crippen molar-refractivity contribution in [1.29, 1.82) is 0 Å². The van der Waals surface area contributed by atoms with Gasteiger partial charge in [-0.1, -0.05) is 0 Å². The molecule has 0 aliphatic heterocycles. The van der Waals surface area contributed by atoms with E-state index < -0.39 is 0 Å². The Balaban J connectivity index is 1.87. The van der Waals surface area contributed by atoms with Crippen LogP contribution >= 0.6 is 12.2 Å². The molecular weight excluding hydrogens is 272 g/mol. The standard InChI is InChI=1S/C14H18N4OS/c1-10-11(9-18(2)17-10)8-15-14(20)16-12-4-6-13(19-3)7-5-12/h4-7,9H,8H2,1-3H3,(H2,15,16,20). The van der Waals surface area contributed by atoms with Gasteiger partial charge >= 0.3 is 0 Å². The number of hydrogen-bond acceptors (Lipinski definition) is 3. The lowest BCUT2D eigenvalue weighted by atomic mass is 10.2. The Morgan fingerprint density at radius 2 is 2.05 bits per heavy atom. The summed E-state index contributed by atoms with van der Waals surface area (Å²) in [4.78, 5) is 0. The summed E-state index contributed by atoms with van der Waals surface area (Å²) in [6, 6.07) is 7.61. The van der Waals surface area contributed by atoms with Gasteiger partial charge in [-0.05, 0) is 43.4 Å². The van der Waals surface area contributed by atoms with Crippen LogP contribution in [0.15, 0.2) is 30.5 Å². The van der Waals surface area contributed by atoms with Crippen LogP contribution in [0.2, 0.25) is 0 Å². The normalized spacial score (nSPS) is 10.2. The smallest absolute Gasteiger partial charge is 0.171 e. The molecule has 0 unspecified atom stereocenters. The Bertz CT molecular complexity index is 592. The van der Waals surface area contributed by atoms with Crippen molar-refractivity contribution in [2.24, 2.45) is 7.05 Å². The quantitative estimate of drug-likeness (QED) is 0.846. The Kier molecular flexibility index (Phi) is 4.57. The molecule has 2 N–H and O–H groups in total. The van der Waals surface area contributed by atoms with Crippen LogP contribution in [0, 0.1) is 6.92 Å². The highest BCUT2D eigenvalue weighted by Crippen LogP contribution is 2.14. The molecule has 0 saturated heterocycles. The van der Waals surface area contributed by atoms with Crippen LogP contribution in [0.25, 0.3) is 0 Å². The fraction of sp³-hybridized carbons (Fsp3) is 0.286. The van der Waals surface area contributed by atoms with Gasteiger partial charge < -0.3 is 15.4 Å². The minimum absolute atomic E-state index is 0.582. The first kappa shape index (κ1) is 14.3. The third kappa shape index (κ3) is 3.71. The van der Waals surface area contributed by atoms with Gasteiger partial charge in [0, 0.05) is 31.0 Å². The van der Waals surface area contributed by atoms with Crippen LogP contribution in [-0.2, 0) is 13.6 Å². The van der Waals surface area contributed by atoms with Crippen LogP contribution < -0.4 is 15.4 Å². The van der Waals surface area contributed by atoms with Crippen LogP contribution in [0.4, 0.5) is 5.69 Å². The monoisotopic (exact) mass is 290 g/mol. The largest absolute Gasteiger partial charge is 0.497 e. The van der Waals surface area contributed by atoms with Crippen LogP contribution in [0.1, 0.15) is 11.3 Å². The Hall–Kier alpha value is -2.08. The molecule has 0 spiro atoms. The topological polar surface area (TPSA) is 51.1 Å². The van der Waals surface area contributed by atoms with E-state index in [0.717, 1.165) is 22.7 Å². The van der Waals surface area contributed by atoms with Gasteiger partial charge in [-0.3, -0.25) is 4.68 Å². The molecule has 0 aliphatic rings. The zero-order valence-electron chi connectivity index (χ0n) is 11.8. The average Bonchev–Trinajstić information content (AvgIpc) is 2.75. The number of ether oxygens (including phenoxy) is 1. The molecule has 0 radical (unpaired) electrons. The molecule has 6 heteroatoms. The molecule has 2 rings (SSSR count). The number of aryl methyl sites for hydroxylation is 2. The van der Waals surface area contributed by atoms with E-state index in [-0.39, 0.29) is 0 Å². The summed E-state index contributed by atoms with van der Waals surface area (Å²) in [5, 5.41) is 11.2. The van der Waals surface area contributed by atoms with Gasteiger partial charge in [-0.15, -0.1) is 0 Å². The number of thiocarbonyl (C=S) groups is 1. The summed E-state index contributed by atoms with van der Waals surface area (Å²) in [5.41, 5.74) is 3.06. The molecule has 0 amide bonds. The van der Waals surface area contributed by atoms with Gasteiger partial charge in [0.25, 0.3) is 0 Å². The lowest BCUT2D eigenvalue weighted by Crippen LogP contribution is -2.27. The third-order valence-electron chi connectivity index (χ3n) is 2.90. The molecule has 1 heterocycles. The molecule has 1 aromatic carbocycles. The maximum absolute atomic E-state index is 5.27. The lowest BCUT2D eigenvalue weighted by Gasteiger charge is -2.10. The summed E-state index contributed by atoms with van der Waals surface area (Å²) in [7, 11) is 3.55. The van der Waals surface area contributed by atoms with Crippen molar-refractivity contribution >= 4 is 23.0 Å². The second kappa shape index (κ2) is 6.38. The summed E-state index contributed by atoms with van der Waals surface area (Å²) in [5.74, 6) is 0.820. The molecule has 20 heavy (non-hydrogen) atoms. The van der Waals surface area contributed by atoms with E-state index in [1.807, 2.05) is 44.4 Å². The SMILES string of the molecule is COc1ccc(NC(=S)NCc2cn(C)nc2C)cc1. The predicted octanol–water partition coefficient (Wildman–Crippen LogP) is 2.22. The second-order valence-electron chi connectivity index (χ2n) is 4.45. The molecule has 106 valence electrons. The minimum Gasteiger partial charge on any atom is -0.497 e. The van der Waals surface area contributed by atoms with E-state index in [2.05, 4.69) is 15.7 Å².